The minimum atomic E-state index is -0.640. The molecule has 0 radical (unpaired) electrons. The van der Waals surface area contributed by atoms with Crippen LogP contribution in [0.1, 0.15) is 5.56 Å². The van der Waals surface area contributed by atoms with Crippen molar-refractivity contribution in [3.8, 4) is 11.3 Å². The Morgan fingerprint density at radius 2 is 1.76 bits per heavy atom. The molecule has 1 fully saturated rings. The van der Waals surface area contributed by atoms with Crippen molar-refractivity contribution in [2.24, 2.45) is 0 Å². The SMILES string of the molecule is CN1CCN(Cc2ccc(Nc3ncc(F)c(-c4cc(F)c5ncccc5c4)n3)nc2)CC1.Cl. The van der Waals surface area contributed by atoms with E-state index in [9.17, 15) is 8.78 Å². The lowest BCUT2D eigenvalue weighted by Gasteiger charge is -2.32. The number of nitrogens with zero attached hydrogens (tertiary/aromatic N) is 6. The average Bonchev–Trinajstić information content (AvgIpc) is 2.83. The summed E-state index contributed by atoms with van der Waals surface area (Å²) in [4.78, 5) is 21.5. The molecule has 3 aromatic heterocycles. The fourth-order valence-electron chi connectivity index (χ4n) is 3.89. The first-order valence-corrected chi connectivity index (χ1v) is 10.8. The number of hydrogen-bond donors (Lipinski definition) is 1. The van der Waals surface area contributed by atoms with Gasteiger partial charge in [-0.15, -0.1) is 12.4 Å². The summed E-state index contributed by atoms with van der Waals surface area (Å²) in [6.07, 6.45) is 4.40. The molecule has 34 heavy (non-hydrogen) atoms. The molecule has 176 valence electrons. The number of anilines is 2. The Hall–Kier alpha value is -3.27. The van der Waals surface area contributed by atoms with E-state index in [0.717, 1.165) is 44.5 Å². The van der Waals surface area contributed by atoms with Crippen molar-refractivity contribution in [3.63, 3.8) is 0 Å². The van der Waals surface area contributed by atoms with E-state index in [2.05, 4.69) is 42.1 Å². The van der Waals surface area contributed by atoms with E-state index in [1.54, 1.807) is 18.2 Å². The van der Waals surface area contributed by atoms with Crippen LogP contribution in [0.5, 0.6) is 0 Å². The van der Waals surface area contributed by atoms with Crippen LogP contribution in [0.3, 0.4) is 0 Å². The van der Waals surface area contributed by atoms with Gasteiger partial charge in [-0.25, -0.2) is 23.7 Å². The van der Waals surface area contributed by atoms with Gasteiger partial charge in [-0.1, -0.05) is 12.1 Å². The summed E-state index contributed by atoms with van der Waals surface area (Å²) >= 11 is 0. The highest BCUT2D eigenvalue weighted by atomic mass is 35.5. The smallest absolute Gasteiger partial charge is 0.229 e. The van der Waals surface area contributed by atoms with Crippen LogP contribution in [0, 0.1) is 11.6 Å². The average molecular weight is 484 g/mol. The third-order valence-corrected chi connectivity index (χ3v) is 5.74. The number of pyridine rings is 2. The molecule has 5 rings (SSSR count). The molecule has 0 aliphatic carbocycles. The molecular formula is C24H24ClF2N7. The van der Waals surface area contributed by atoms with Gasteiger partial charge in [0.2, 0.25) is 5.95 Å². The van der Waals surface area contributed by atoms with Crippen LogP contribution in [-0.2, 0) is 6.54 Å². The molecule has 1 aliphatic rings. The number of aromatic nitrogens is 4. The van der Waals surface area contributed by atoms with Crippen molar-refractivity contribution in [2.75, 3.05) is 38.5 Å². The number of nitrogens with one attached hydrogen (secondary N) is 1. The molecule has 10 heteroatoms. The Balaban J connectivity index is 0.00000274. The largest absolute Gasteiger partial charge is 0.309 e. The number of rotatable bonds is 5. The van der Waals surface area contributed by atoms with Crippen molar-refractivity contribution in [2.45, 2.75) is 6.54 Å². The molecule has 0 unspecified atom stereocenters. The van der Waals surface area contributed by atoms with Gasteiger partial charge in [0.25, 0.3) is 0 Å². The maximum Gasteiger partial charge on any atom is 0.229 e. The Morgan fingerprint density at radius 1 is 0.941 bits per heavy atom. The standard InChI is InChI=1S/C24H23F2N7.ClH/c1-32-7-9-33(10-8-32)15-16-4-5-21(28-13-16)30-24-29-14-20(26)23(31-24)18-11-17-3-2-6-27-22(17)19(25)12-18;/h2-6,11-14H,7-10,15H2,1H3,(H,28,29,30,31);1H. The zero-order valence-electron chi connectivity index (χ0n) is 18.6. The van der Waals surface area contributed by atoms with E-state index in [-0.39, 0.29) is 29.6 Å². The van der Waals surface area contributed by atoms with E-state index in [1.165, 1.54) is 12.3 Å². The Kier molecular flexibility index (Phi) is 7.26. The van der Waals surface area contributed by atoms with Crippen molar-refractivity contribution < 1.29 is 8.78 Å². The second-order valence-electron chi connectivity index (χ2n) is 8.18. The summed E-state index contributed by atoms with van der Waals surface area (Å²) in [5.74, 6) is -0.451. The number of benzene rings is 1. The van der Waals surface area contributed by atoms with Crippen LogP contribution in [0.25, 0.3) is 22.2 Å². The predicted octanol–water partition coefficient (Wildman–Crippen LogP) is 4.28. The molecular weight excluding hydrogens is 460 g/mol. The predicted molar refractivity (Wildman–Crippen MR) is 130 cm³/mol. The zero-order chi connectivity index (χ0) is 22.8. The number of fused-ring (bicyclic) bond motifs is 1. The van der Waals surface area contributed by atoms with Crippen molar-refractivity contribution in [1.82, 2.24) is 29.7 Å². The Morgan fingerprint density at radius 3 is 2.53 bits per heavy atom. The second kappa shape index (κ2) is 10.3. The molecule has 0 atom stereocenters. The number of halogens is 3. The summed E-state index contributed by atoms with van der Waals surface area (Å²) < 4.78 is 29.0. The van der Waals surface area contributed by atoms with Gasteiger partial charge < -0.3 is 10.2 Å². The molecule has 0 amide bonds. The first-order chi connectivity index (χ1) is 16.0. The van der Waals surface area contributed by atoms with Gasteiger partial charge in [0.05, 0.1) is 6.20 Å². The summed E-state index contributed by atoms with van der Waals surface area (Å²) in [5, 5.41) is 3.57. The monoisotopic (exact) mass is 483 g/mol. The normalized spacial score (nSPS) is 14.7. The molecule has 0 spiro atoms. The van der Waals surface area contributed by atoms with Gasteiger partial charge in [-0.2, -0.15) is 0 Å². The van der Waals surface area contributed by atoms with Crippen molar-refractivity contribution in [3.05, 3.63) is 72.2 Å². The van der Waals surface area contributed by atoms with Gasteiger partial charge >= 0.3 is 0 Å². The summed E-state index contributed by atoms with van der Waals surface area (Å²) in [5.41, 5.74) is 1.66. The first-order valence-electron chi connectivity index (χ1n) is 10.8. The topological polar surface area (TPSA) is 70.1 Å². The van der Waals surface area contributed by atoms with E-state index in [0.29, 0.717) is 16.8 Å². The molecule has 1 aromatic carbocycles. The highest BCUT2D eigenvalue weighted by molar-refractivity contribution is 5.85. The molecule has 1 saturated heterocycles. The maximum atomic E-state index is 14.5. The van der Waals surface area contributed by atoms with Crippen LogP contribution in [-0.4, -0.2) is 63.0 Å². The fourth-order valence-corrected chi connectivity index (χ4v) is 3.89. The molecule has 4 heterocycles. The van der Waals surface area contributed by atoms with Gasteiger partial charge in [-0.05, 0) is 36.9 Å². The highest BCUT2D eigenvalue weighted by Gasteiger charge is 2.15. The van der Waals surface area contributed by atoms with Crippen LogP contribution in [0.15, 0.2) is 55.0 Å². The number of likely N-dealkylation sites (N-methyl/N-ethyl adjacent to an activating group) is 1. The molecule has 4 aromatic rings. The van der Waals surface area contributed by atoms with E-state index >= 15 is 0 Å². The molecule has 1 aliphatic heterocycles. The highest BCUT2D eigenvalue weighted by Crippen LogP contribution is 2.27. The van der Waals surface area contributed by atoms with E-state index in [4.69, 9.17) is 0 Å². The fraction of sp³-hybridized carbons (Fsp3) is 0.250. The molecule has 0 bridgehead atoms. The van der Waals surface area contributed by atoms with Crippen LogP contribution in [0.4, 0.5) is 20.5 Å². The summed E-state index contributed by atoms with van der Waals surface area (Å²) in [6, 6.07) is 10.2. The van der Waals surface area contributed by atoms with E-state index in [1.807, 2.05) is 18.3 Å². The summed E-state index contributed by atoms with van der Waals surface area (Å²) in [7, 11) is 2.13. The molecule has 0 saturated carbocycles. The van der Waals surface area contributed by atoms with Gasteiger partial charge in [0.1, 0.15) is 22.8 Å². The lowest BCUT2D eigenvalue weighted by atomic mass is 10.1. The van der Waals surface area contributed by atoms with Crippen molar-refractivity contribution >= 4 is 35.1 Å². The first kappa shape index (κ1) is 23.9. The minimum Gasteiger partial charge on any atom is -0.309 e. The third-order valence-electron chi connectivity index (χ3n) is 5.74. The number of hydrogen-bond acceptors (Lipinski definition) is 7. The number of piperazine rings is 1. The minimum absolute atomic E-state index is 0. The third kappa shape index (κ3) is 5.27. The lowest BCUT2D eigenvalue weighted by Crippen LogP contribution is -2.43. The molecule has 7 nitrogen and oxygen atoms in total. The van der Waals surface area contributed by atoms with Crippen LogP contribution >= 0.6 is 12.4 Å². The van der Waals surface area contributed by atoms with Gasteiger partial charge in [-0.3, -0.25) is 9.88 Å². The Bertz CT molecular complexity index is 1280. The lowest BCUT2D eigenvalue weighted by molar-refractivity contribution is 0.148. The molecule has 1 N–H and O–H groups in total. The van der Waals surface area contributed by atoms with Crippen molar-refractivity contribution in [1.29, 1.82) is 0 Å². The quantitative estimate of drug-likeness (QED) is 0.454. The maximum absolute atomic E-state index is 14.5. The van der Waals surface area contributed by atoms with Crippen LogP contribution in [0.2, 0.25) is 0 Å². The summed E-state index contributed by atoms with van der Waals surface area (Å²) in [6.45, 7) is 5.05. The van der Waals surface area contributed by atoms with Gasteiger partial charge in [0.15, 0.2) is 5.82 Å². The van der Waals surface area contributed by atoms with Gasteiger partial charge in [0, 0.05) is 56.1 Å². The van der Waals surface area contributed by atoms with E-state index < -0.39 is 11.6 Å². The second-order valence-corrected chi connectivity index (χ2v) is 8.18. The Labute approximate surface area is 202 Å². The van der Waals surface area contributed by atoms with Crippen LogP contribution < -0.4 is 5.32 Å². The zero-order valence-corrected chi connectivity index (χ0v) is 19.4.